The van der Waals surface area contributed by atoms with Crippen molar-refractivity contribution in [3.05, 3.63) is 70.7 Å². The number of carbonyl (C=O) groups is 1. The fourth-order valence-electron chi connectivity index (χ4n) is 2.58. The Kier molecular flexibility index (Phi) is 7.61. The number of rotatable bonds is 10. The fourth-order valence-corrected chi connectivity index (χ4v) is 3.12. The third-order valence-corrected chi connectivity index (χ3v) is 4.75. The molecule has 0 unspecified atom stereocenters. The summed E-state index contributed by atoms with van der Waals surface area (Å²) < 4.78 is 11.4. The Hall–Kier alpha value is -2.90. The van der Waals surface area contributed by atoms with Crippen LogP contribution in [0.2, 0.25) is 0 Å². The van der Waals surface area contributed by atoms with Crippen molar-refractivity contribution < 1.29 is 14.3 Å². The average molecular weight is 412 g/mol. The van der Waals surface area contributed by atoms with E-state index in [1.807, 2.05) is 43.7 Å². The van der Waals surface area contributed by atoms with Crippen LogP contribution in [0, 0.1) is 0 Å². The monoisotopic (exact) mass is 411 g/mol. The lowest BCUT2D eigenvalue weighted by Gasteiger charge is -2.11. The molecule has 0 aliphatic heterocycles. The van der Waals surface area contributed by atoms with Gasteiger partial charge in [-0.2, -0.15) is 0 Å². The summed E-state index contributed by atoms with van der Waals surface area (Å²) in [7, 11) is 4.08. The molecule has 0 radical (unpaired) electrons. The van der Waals surface area contributed by atoms with Crippen LogP contribution in [-0.4, -0.2) is 43.0 Å². The first-order valence-electron chi connectivity index (χ1n) is 9.39. The maximum absolute atomic E-state index is 12.4. The molecule has 29 heavy (non-hydrogen) atoms. The van der Waals surface area contributed by atoms with E-state index in [0.29, 0.717) is 24.5 Å². The Morgan fingerprint density at radius 1 is 1.03 bits per heavy atom. The molecule has 0 saturated carbocycles. The number of nitrogens with one attached hydrogen (secondary N) is 1. The van der Waals surface area contributed by atoms with Crippen LogP contribution in [0.4, 0.5) is 5.69 Å². The van der Waals surface area contributed by atoms with E-state index in [-0.39, 0.29) is 5.91 Å². The molecule has 2 aromatic carbocycles. The quantitative estimate of drug-likeness (QED) is 0.504. The molecule has 152 valence electrons. The zero-order valence-corrected chi connectivity index (χ0v) is 17.4. The molecule has 0 bridgehead atoms. The molecule has 1 aromatic heterocycles. The number of carbonyl (C=O) groups excluding carboxylic acids is 1. The van der Waals surface area contributed by atoms with Gasteiger partial charge in [0, 0.05) is 23.2 Å². The summed E-state index contributed by atoms with van der Waals surface area (Å²) >= 11 is 1.53. The molecule has 0 fully saturated rings. The van der Waals surface area contributed by atoms with Crippen LogP contribution in [0.25, 0.3) is 0 Å². The number of nitrogens with zero attached hydrogens (tertiary/aromatic N) is 2. The maximum atomic E-state index is 12.4. The van der Waals surface area contributed by atoms with Gasteiger partial charge in [-0.3, -0.25) is 4.79 Å². The lowest BCUT2D eigenvalue weighted by molar-refractivity contribution is 0.102. The highest BCUT2D eigenvalue weighted by Gasteiger charge is 2.07. The second-order valence-electron chi connectivity index (χ2n) is 6.78. The van der Waals surface area contributed by atoms with E-state index in [4.69, 9.17) is 9.47 Å². The van der Waals surface area contributed by atoms with Crippen LogP contribution in [-0.2, 0) is 6.61 Å². The summed E-state index contributed by atoms with van der Waals surface area (Å²) in [4.78, 5) is 18.7. The van der Waals surface area contributed by atoms with Gasteiger partial charge in [0.1, 0.15) is 18.1 Å². The molecule has 1 N–H and O–H groups in total. The summed E-state index contributed by atoms with van der Waals surface area (Å²) in [6.45, 7) is 2.07. The van der Waals surface area contributed by atoms with Crippen LogP contribution >= 0.6 is 11.3 Å². The first-order chi connectivity index (χ1) is 14.1. The molecule has 7 heteroatoms. The predicted molar refractivity (Wildman–Crippen MR) is 116 cm³/mol. The van der Waals surface area contributed by atoms with E-state index in [0.717, 1.165) is 30.1 Å². The highest BCUT2D eigenvalue weighted by Crippen LogP contribution is 2.18. The molecular formula is C22H25N3O3S. The second kappa shape index (κ2) is 10.6. The Labute approximate surface area is 175 Å². The maximum Gasteiger partial charge on any atom is 0.255 e. The van der Waals surface area contributed by atoms with E-state index in [2.05, 4.69) is 15.2 Å². The number of benzene rings is 2. The first-order valence-corrected chi connectivity index (χ1v) is 10.3. The van der Waals surface area contributed by atoms with Crippen molar-refractivity contribution in [3.63, 3.8) is 0 Å². The Balaban J connectivity index is 1.46. The molecular weight excluding hydrogens is 386 g/mol. The van der Waals surface area contributed by atoms with Gasteiger partial charge in [0.2, 0.25) is 0 Å². The largest absolute Gasteiger partial charge is 0.494 e. The summed E-state index contributed by atoms with van der Waals surface area (Å²) in [6.07, 6.45) is 0.967. The van der Waals surface area contributed by atoms with E-state index in [1.165, 1.54) is 11.3 Å². The predicted octanol–water partition coefficient (Wildman–Crippen LogP) is 4.30. The number of hydrogen-bond donors (Lipinski definition) is 1. The number of thiazole rings is 1. The lowest BCUT2D eigenvalue weighted by atomic mass is 10.2. The molecule has 0 spiro atoms. The van der Waals surface area contributed by atoms with Gasteiger partial charge < -0.3 is 19.7 Å². The fraction of sp³-hybridized carbons (Fsp3) is 0.273. The van der Waals surface area contributed by atoms with Crippen LogP contribution < -0.4 is 14.8 Å². The number of hydrogen-bond acceptors (Lipinski definition) is 6. The van der Waals surface area contributed by atoms with E-state index in [1.54, 1.807) is 29.8 Å². The van der Waals surface area contributed by atoms with Crippen molar-refractivity contribution >= 4 is 22.9 Å². The minimum absolute atomic E-state index is 0.171. The molecule has 3 aromatic rings. The number of anilines is 1. The summed E-state index contributed by atoms with van der Waals surface area (Å²) in [6, 6.07) is 14.5. The Bertz CT molecular complexity index is 879. The topological polar surface area (TPSA) is 63.7 Å². The smallest absolute Gasteiger partial charge is 0.255 e. The SMILES string of the molecule is CN(C)CCCOc1ccc(NC(=O)c2ccc(OCc3cscn3)cc2)cc1. The molecule has 0 atom stereocenters. The minimum Gasteiger partial charge on any atom is -0.494 e. The van der Waals surface area contributed by atoms with Crippen molar-refractivity contribution in [2.75, 3.05) is 32.6 Å². The Morgan fingerprint density at radius 2 is 1.72 bits per heavy atom. The zero-order valence-electron chi connectivity index (χ0n) is 16.6. The molecule has 0 aliphatic rings. The van der Waals surface area contributed by atoms with Crippen LogP contribution in [0.15, 0.2) is 59.4 Å². The Morgan fingerprint density at radius 3 is 2.38 bits per heavy atom. The van der Waals surface area contributed by atoms with Crippen LogP contribution in [0.1, 0.15) is 22.5 Å². The summed E-state index contributed by atoms with van der Waals surface area (Å²) in [5, 5.41) is 4.84. The van der Waals surface area contributed by atoms with Gasteiger partial charge in [-0.15, -0.1) is 11.3 Å². The van der Waals surface area contributed by atoms with Crippen molar-refractivity contribution in [1.29, 1.82) is 0 Å². The van der Waals surface area contributed by atoms with Gasteiger partial charge in [-0.1, -0.05) is 0 Å². The van der Waals surface area contributed by atoms with Gasteiger partial charge >= 0.3 is 0 Å². The third kappa shape index (κ3) is 6.89. The van der Waals surface area contributed by atoms with Gasteiger partial charge in [0.05, 0.1) is 17.8 Å². The lowest BCUT2D eigenvalue weighted by Crippen LogP contribution is -2.15. The van der Waals surface area contributed by atoms with Crippen LogP contribution in [0.5, 0.6) is 11.5 Å². The van der Waals surface area contributed by atoms with Gasteiger partial charge in [0.25, 0.3) is 5.91 Å². The molecule has 1 heterocycles. The van der Waals surface area contributed by atoms with Gasteiger partial charge in [0.15, 0.2) is 0 Å². The number of aromatic nitrogens is 1. The van der Waals surface area contributed by atoms with Crippen molar-refractivity contribution in [2.24, 2.45) is 0 Å². The third-order valence-electron chi connectivity index (χ3n) is 4.12. The summed E-state index contributed by atoms with van der Waals surface area (Å²) in [5.74, 6) is 1.32. The molecule has 0 aliphatic carbocycles. The summed E-state index contributed by atoms with van der Waals surface area (Å²) in [5.41, 5.74) is 3.95. The van der Waals surface area contributed by atoms with Crippen LogP contribution in [0.3, 0.4) is 0 Å². The zero-order chi connectivity index (χ0) is 20.5. The highest BCUT2D eigenvalue weighted by atomic mass is 32.1. The molecule has 6 nitrogen and oxygen atoms in total. The second-order valence-corrected chi connectivity index (χ2v) is 7.50. The minimum atomic E-state index is -0.171. The standard InChI is InChI=1S/C22H25N3O3S/c1-25(2)12-3-13-27-20-10-6-18(7-11-20)24-22(26)17-4-8-21(9-5-17)28-14-19-15-29-16-23-19/h4-11,15-16H,3,12-14H2,1-2H3,(H,24,26). The first kappa shape index (κ1) is 20.8. The van der Waals surface area contributed by atoms with Gasteiger partial charge in [-0.25, -0.2) is 4.98 Å². The van der Waals surface area contributed by atoms with Crippen molar-refractivity contribution in [1.82, 2.24) is 9.88 Å². The normalized spacial score (nSPS) is 10.7. The van der Waals surface area contributed by atoms with Gasteiger partial charge in [-0.05, 0) is 69.0 Å². The molecule has 3 rings (SSSR count). The van der Waals surface area contributed by atoms with E-state index < -0.39 is 0 Å². The van der Waals surface area contributed by atoms with E-state index >= 15 is 0 Å². The van der Waals surface area contributed by atoms with E-state index in [9.17, 15) is 4.79 Å². The highest BCUT2D eigenvalue weighted by molar-refractivity contribution is 7.07. The number of ether oxygens (including phenoxy) is 2. The molecule has 1 amide bonds. The molecule has 0 saturated heterocycles. The number of amides is 1. The average Bonchev–Trinajstić information content (AvgIpc) is 3.25. The van der Waals surface area contributed by atoms with Crippen molar-refractivity contribution in [3.8, 4) is 11.5 Å². The van der Waals surface area contributed by atoms with Crippen molar-refractivity contribution in [2.45, 2.75) is 13.0 Å².